The normalized spacial score (nSPS) is 12.3. The van der Waals surface area contributed by atoms with Gasteiger partial charge < -0.3 is 19.8 Å². The van der Waals surface area contributed by atoms with E-state index >= 15 is 0 Å². The summed E-state index contributed by atoms with van der Waals surface area (Å²) in [5.41, 5.74) is 2.74. The van der Waals surface area contributed by atoms with E-state index in [0.717, 1.165) is 22.9 Å². The van der Waals surface area contributed by atoms with Gasteiger partial charge in [0.25, 0.3) is 5.91 Å². The summed E-state index contributed by atoms with van der Waals surface area (Å²) in [7, 11) is 0. The number of hydrogen-bond acceptors (Lipinski definition) is 4. The number of carbonyl (C=O) groups excluding carboxylic acids is 1. The van der Waals surface area contributed by atoms with Crippen molar-refractivity contribution in [2.45, 2.75) is 39.7 Å². The molecule has 0 radical (unpaired) electrons. The van der Waals surface area contributed by atoms with Crippen LogP contribution in [0, 0.1) is 11.3 Å². The summed E-state index contributed by atoms with van der Waals surface area (Å²) < 4.78 is 11.6. The first-order chi connectivity index (χ1) is 16.0. The Morgan fingerprint density at radius 1 is 1.30 bits per heavy atom. The maximum Gasteiger partial charge on any atom is 0.261 e. The lowest BCUT2D eigenvalue weighted by Gasteiger charge is -2.18. The average molecular weight is 466 g/mol. The van der Waals surface area contributed by atoms with Gasteiger partial charge in [-0.2, -0.15) is 5.26 Å². The van der Waals surface area contributed by atoms with Crippen LogP contribution < -0.4 is 14.8 Å². The number of aromatic nitrogens is 1. The van der Waals surface area contributed by atoms with Gasteiger partial charge in [0.15, 0.2) is 11.5 Å². The number of halogens is 1. The van der Waals surface area contributed by atoms with Crippen LogP contribution in [-0.4, -0.2) is 30.1 Å². The predicted molar refractivity (Wildman–Crippen MR) is 132 cm³/mol. The van der Waals surface area contributed by atoms with Crippen molar-refractivity contribution in [2.24, 2.45) is 0 Å². The second-order valence-electron chi connectivity index (χ2n) is 7.63. The molecule has 0 aliphatic carbocycles. The number of nitrogens with zero attached hydrogens (tertiary/aromatic N) is 1. The van der Waals surface area contributed by atoms with Crippen LogP contribution in [0.2, 0.25) is 5.02 Å². The first-order valence-corrected chi connectivity index (χ1v) is 11.4. The van der Waals surface area contributed by atoms with Gasteiger partial charge in [-0.25, -0.2) is 0 Å². The molecule has 0 saturated heterocycles. The minimum absolute atomic E-state index is 0.0111. The van der Waals surface area contributed by atoms with Crippen LogP contribution >= 0.6 is 11.6 Å². The number of carbonyl (C=O) groups is 1. The zero-order valence-corrected chi connectivity index (χ0v) is 19.8. The van der Waals surface area contributed by atoms with E-state index < -0.39 is 5.91 Å². The summed E-state index contributed by atoms with van der Waals surface area (Å²) in [5, 5.41) is 13.9. The lowest BCUT2D eigenvalue weighted by molar-refractivity contribution is -0.117. The summed E-state index contributed by atoms with van der Waals surface area (Å²) in [4.78, 5) is 15.8. The van der Waals surface area contributed by atoms with Crippen molar-refractivity contribution in [1.82, 2.24) is 10.3 Å². The molecule has 0 spiro atoms. The van der Waals surface area contributed by atoms with Crippen LogP contribution in [0.3, 0.4) is 0 Å². The number of amides is 1. The molecule has 0 unspecified atom stereocenters. The second kappa shape index (κ2) is 11.4. The number of hydrogen-bond donors (Lipinski definition) is 2. The Balaban J connectivity index is 1.73. The fourth-order valence-electron chi connectivity index (χ4n) is 3.39. The van der Waals surface area contributed by atoms with Crippen molar-refractivity contribution in [3.63, 3.8) is 0 Å². The van der Waals surface area contributed by atoms with E-state index in [1.165, 1.54) is 6.08 Å². The zero-order valence-electron chi connectivity index (χ0n) is 19.1. The number of aromatic amines is 1. The molecule has 7 heteroatoms. The fourth-order valence-corrected chi connectivity index (χ4v) is 3.66. The van der Waals surface area contributed by atoms with Crippen molar-refractivity contribution in [3.8, 4) is 17.6 Å². The average Bonchev–Trinajstić information content (AvgIpc) is 3.22. The van der Waals surface area contributed by atoms with Gasteiger partial charge in [-0.15, -0.1) is 0 Å². The standard InChI is InChI=1S/C26H28ClN3O3/c1-4-17(3)33-25-22(27)13-18(14-24(25)32-5-2)12-20(15-28)26(31)29-11-10-19-16-30-23-9-7-6-8-21(19)23/h6-9,12-14,16-17,30H,4-5,10-11H2,1-3H3,(H,29,31)/b20-12-/t17-/m0/s1. The van der Waals surface area contributed by atoms with E-state index in [4.69, 9.17) is 21.1 Å². The Labute approximate surface area is 199 Å². The summed E-state index contributed by atoms with van der Waals surface area (Å²) >= 11 is 6.45. The number of benzene rings is 2. The molecule has 0 fully saturated rings. The van der Waals surface area contributed by atoms with Crippen LogP contribution in [0.1, 0.15) is 38.3 Å². The van der Waals surface area contributed by atoms with E-state index in [1.807, 2.05) is 57.3 Å². The number of nitriles is 1. The van der Waals surface area contributed by atoms with Gasteiger partial charge in [-0.1, -0.05) is 36.7 Å². The minimum atomic E-state index is -0.439. The van der Waals surface area contributed by atoms with Crippen LogP contribution in [0.15, 0.2) is 48.2 Å². The van der Waals surface area contributed by atoms with Crippen molar-refractivity contribution in [3.05, 3.63) is 64.3 Å². The molecule has 0 bridgehead atoms. The first-order valence-electron chi connectivity index (χ1n) is 11.0. The molecule has 2 aromatic carbocycles. The Morgan fingerprint density at radius 3 is 2.82 bits per heavy atom. The van der Waals surface area contributed by atoms with E-state index in [1.54, 1.807) is 12.1 Å². The highest BCUT2D eigenvalue weighted by atomic mass is 35.5. The molecule has 6 nitrogen and oxygen atoms in total. The summed E-state index contributed by atoms with van der Waals surface area (Å²) in [5.74, 6) is 0.506. The zero-order chi connectivity index (χ0) is 23.8. The van der Waals surface area contributed by atoms with E-state index in [9.17, 15) is 10.1 Å². The van der Waals surface area contributed by atoms with Crippen molar-refractivity contribution >= 4 is 34.5 Å². The molecule has 172 valence electrons. The number of rotatable bonds is 10. The highest BCUT2D eigenvalue weighted by molar-refractivity contribution is 6.32. The molecule has 0 aliphatic rings. The van der Waals surface area contributed by atoms with E-state index in [-0.39, 0.29) is 11.7 Å². The van der Waals surface area contributed by atoms with E-state index in [2.05, 4.69) is 10.3 Å². The van der Waals surface area contributed by atoms with Crippen molar-refractivity contribution in [2.75, 3.05) is 13.2 Å². The molecule has 0 aliphatic heterocycles. The lowest BCUT2D eigenvalue weighted by Crippen LogP contribution is -2.26. The number of para-hydroxylation sites is 1. The van der Waals surface area contributed by atoms with Crippen LogP contribution in [0.4, 0.5) is 0 Å². The predicted octanol–water partition coefficient (Wildman–Crippen LogP) is 5.66. The molecule has 33 heavy (non-hydrogen) atoms. The smallest absolute Gasteiger partial charge is 0.261 e. The van der Waals surface area contributed by atoms with Gasteiger partial charge in [0, 0.05) is 23.6 Å². The molecule has 3 aromatic rings. The third kappa shape index (κ3) is 6.09. The lowest BCUT2D eigenvalue weighted by atomic mass is 10.1. The van der Waals surface area contributed by atoms with Gasteiger partial charge in [-0.3, -0.25) is 4.79 Å². The third-order valence-corrected chi connectivity index (χ3v) is 5.54. The van der Waals surface area contributed by atoms with Crippen molar-refractivity contribution in [1.29, 1.82) is 5.26 Å². The second-order valence-corrected chi connectivity index (χ2v) is 8.04. The van der Waals surface area contributed by atoms with Crippen LogP contribution in [0.5, 0.6) is 11.5 Å². The number of H-pyrrole nitrogens is 1. The highest BCUT2D eigenvalue weighted by Crippen LogP contribution is 2.38. The molecular weight excluding hydrogens is 438 g/mol. The molecular formula is C26H28ClN3O3. The number of ether oxygens (including phenoxy) is 2. The molecule has 1 heterocycles. The van der Waals surface area contributed by atoms with Gasteiger partial charge >= 0.3 is 0 Å². The third-order valence-electron chi connectivity index (χ3n) is 5.26. The number of fused-ring (bicyclic) bond motifs is 1. The maximum absolute atomic E-state index is 12.6. The van der Waals surface area contributed by atoms with Crippen molar-refractivity contribution < 1.29 is 14.3 Å². The monoisotopic (exact) mass is 465 g/mol. The van der Waals surface area contributed by atoms with E-state index in [0.29, 0.717) is 41.7 Å². The molecule has 2 N–H and O–H groups in total. The number of nitrogens with one attached hydrogen (secondary N) is 2. The van der Waals surface area contributed by atoms with Crippen LogP contribution in [0.25, 0.3) is 17.0 Å². The Morgan fingerprint density at radius 2 is 2.09 bits per heavy atom. The molecule has 3 rings (SSSR count). The first kappa shape index (κ1) is 24.2. The Kier molecular flexibility index (Phi) is 8.39. The minimum Gasteiger partial charge on any atom is -0.490 e. The van der Waals surface area contributed by atoms with Gasteiger partial charge in [0.1, 0.15) is 11.6 Å². The quantitative estimate of drug-likeness (QED) is 0.298. The molecule has 0 saturated carbocycles. The summed E-state index contributed by atoms with van der Waals surface area (Å²) in [6.45, 7) is 6.68. The largest absolute Gasteiger partial charge is 0.490 e. The van der Waals surface area contributed by atoms with Gasteiger partial charge in [0.2, 0.25) is 0 Å². The fraction of sp³-hybridized carbons (Fsp3) is 0.308. The maximum atomic E-state index is 12.6. The Hall–Kier alpha value is -3.43. The van der Waals surface area contributed by atoms with Crippen LogP contribution in [-0.2, 0) is 11.2 Å². The van der Waals surface area contributed by atoms with Gasteiger partial charge in [-0.05, 0) is 62.1 Å². The molecule has 1 amide bonds. The molecule has 1 atom stereocenters. The Bertz CT molecular complexity index is 1190. The van der Waals surface area contributed by atoms with Gasteiger partial charge in [0.05, 0.1) is 17.7 Å². The SMILES string of the molecule is CCOc1cc(/C=C(/C#N)C(=O)NCCc2c[nH]c3ccccc23)cc(Cl)c1O[C@@H](C)CC. The summed E-state index contributed by atoms with van der Waals surface area (Å²) in [6.07, 6.45) is 4.89. The molecule has 1 aromatic heterocycles. The summed E-state index contributed by atoms with van der Waals surface area (Å²) in [6, 6.07) is 13.4. The topological polar surface area (TPSA) is 87.1 Å². The highest BCUT2D eigenvalue weighted by Gasteiger charge is 2.16.